The van der Waals surface area contributed by atoms with Gasteiger partial charge in [0.15, 0.2) is 0 Å². The lowest BCUT2D eigenvalue weighted by Gasteiger charge is -1.95. The Morgan fingerprint density at radius 1 is 1.47 bits per heavy atom. The van der Waals surface area contributed by atoms with Crippen LogP contribution in [0.5, 0.6) is 0 Å². The number of hydrogen-bond donors (Lipinski definition) is 1. The van der Waals surface area contributed by atoms with Crippen LogP contribution in [0.3, 0.4) is 0 Å². The average Bonchev–Trinajstić information content (AvgIpc) is 2.83. The molecule has 0 spiro atoms. The van der Waals surface area contributed by atoms with Crippen LogP contribution in [0.1, 0.15) is 12.6 Å². The average molecular weight is 259 g/mol. The molecule has 2 aromatic rings. The van der Waals surface area contributed by atoms with E-state index in [1.165, 1.54) is 0 Å². The second kappa shape index (κ2) is 5.07. The van der Waals surface area contributed by atoms with Gasteiger partial charge in [-0.25, -0.2) is 4.98 Å². The van der Waals surface area contributed by atoms with Crippen molar-refractivity contribution in [3.63, 3.8) is 0 Å². The predicted molar refractivity (Wildman–Crippen MR) is 67.8 cm³/mol. The van der Waals surface area contributed by atoms with Crippen molar-refractivity contribution < 1.29 is 0 Å². The highest BCUT2D eigenvalue weighted by Gasteiger charge is 2.06. The second-order valence-electron chi connectivity index (χ2n) is 3.03. The van der Waals surface area contributed by atoms with Gasteiger partial charge in [0.2, 0.25) is 0 Å². The van der Waals surface area contributed by atoms with Gasteiger partial charge < -0.3 is 5.32 Å². The third kappa shape index (κ3) is 2.78. The minimum absolute atomic E-state index is 0.813. The van der Waals surface area contributed by atoms with Crippen molar-refractivity contribution in [1.82, 2.24) is 10.3 Å². The molecule has 80 valence electrons. The fraction of sp³-hybridized carbons (Fsp3) is 0.300. The molecule has 0 aromatic carbocycles. The molecule has 2 nitrogen and oxygen atoms in total. The van der Waals surface area contributed by atoms with Crippen LogP contribution in [0.15, 0.2) is 17.5 Å². The minimum Gasteiger partial charge on any atom is -0.311 e. The maximum atomic E-state index is 5.88. The topological polar surface area (TPSA) is 24.9 Å². The van der Waals surface area contributed by atoms with Crippen LogP contribution in [0.4, 0.5) is 0 Å². The summed E-state index contributed by atoms with van der Waals surface area (Å²) < 4.78 is 0.813. The summed E-state index contributed by atoms with van der Waals surface area (Å²) >= 11 is 9.12. The van der Waals surface area contributed by atoms with Gasteiger partial charge in [-0.1, -0.05) is 18.5 Å². The number of nitrogens with one attached hydrogen (secondary N) is 1. The minimum atomic E-state index is 0.813. The Kier molecular flexibility index (Phi) is 3.75. The molecule has 0 saturated heterocycles. The second-order valence-corrected chi connectivity index (χ2v) is 5.60. The van der Waals surface area contributed by atoms with Crippen molar-refractivity contribution >= 4 is 34.3 Å². The number of halogens is 1. The summed E-state index contributed by atoms with van der Waals surface area (Å²) in [6.07, 6.45) is 0. The van der Waals surface area contributed by atoms with Crippen LogP contribution >= 0.6 is 34.3 Å². The van der Waals surface area contributed by atoms with Crippen LogP contribution < -0.4 is 5.32 Å². The Bertz CT molecular complexity index is 436. The molecule has 0 aliphatic rings. The number of aromatic nitrogens is 1. The SMILES string of the molecule is CCNCc1csc(-c2ccc(Cl)s2)n1. The lowest BCUT2D eigenvalue weighted by molar-refractivity contribution is 0.715. The van der Waals surface area contributed by atoms with Crippen LogP contribution in [0, 0.1) is 0 Å². The fourth-order valence-corrected chi connectivity index (χ4v) is 3.12. The monoisotopic (exact) mass is 258 g/mol. The van der Waals surface area contributed by atoms with Gasteiger partial charge >= 0.3 is 0 Å². The van der Waals surface area contributed by atoms with Crippen molar-refractivity contribution in [2.75, 3.05) is 6.54 Å². The van der Waals surface area contributed by atoms with E-state index in [1.807, 2.05) is 12.1 Å². The third-order valence-corrected chi connectivity index (χ3v) is 4.18. The zero-order valence-electron chi connectivity index (χ0n) is 8.29. The Balaban J connectivity index is 2.13. The molecule has 2 heterocycles. The molecule has 1 N–H and O–H groups in total. The third-order valence-electron chi connectivity index (χ3n) is 1.89. The molecule has 0 unspecified atom stereocenters. The fourth-order valence-electron chi connectivity index (χ4n) is 1.18. The maximum absolute atomic E-state index is 5.88. The maximum Gasteiger partial charge on any atom is 0.133 e. The number of hydrogen-bond acceptors (Lipinski definition) is 4. The molecule has 0 aliphatic carbocycles. The van der Waals surface area contributed by atoms with Crippen molar-refractivity contribution in [2.24, 2.45) is 0 Å². The van der Waals surface area contributed by atoms with Gasteiger partial charge in [-0.15, -0.1) is 22.7 Å². The lowest BCUT2D eigenvalue weighted by Crippen LogP contribution is -2.11. The Hall–Kier alpha value is -0.420. The first-order valence-electron chi connectivity index (χ1n) is 4.70. The number of nitrogens with zero attached hydrogens (tertiary/aromatic N) is 1. The van der Waals surface area contributed by atoms with E-state index >= 15 is 0 Å². The van der Waals surface area contributed by atoms with E-state index in [9.17, 15) is 0 Å². The summed E-state index contributed by atoms with van der Waals surface area (Å²) in [6.45, 7) is 3.90. The van der Waals surface area contributed by atoms with E-state index in [1.54, 1.807) is 22.7 Å². The zero-order valence-corrected chi connectivity index (χ0v) is 10.7. The Morgan fingerprint density at radius 3 is 3.00 bits per heavy atom. The first-order valence-corrected chi connectivity index (χ1v) is 6.78. The van der Waals surface area contributed by atoms with E-state index < -0.39 is 0 Å². The van der Waals surface area contributed by atoms with Crippen LogP contribution in [0.25, 0.3) is 9.88 Å². The van der Waals surface area contributed by atoms with Gasteiger partial charge in [-0.2, -0.15) is 0 Å². The highest BCUT2D eigenvalue weighted by Crippen LogP contribution is 2.32. The summed E-state index contributed by atoms with van der Waals surface area (Å²) in [5.74, 6) is 0. The quantitative estimate of drug-likeness (QED) is 0.906. The van der Waals surface area contributed by atoms with Gasteiger partial charge in [-0.3, -0.25) is 0 Å². The van der Waals surface area contributed by atoms with Gasteiger partial charge in [0.25, 0.3) is 0 Å². The summed E-state index contributed by atoms with van der Waals surface area (Å²) in [7, 11) is 0. The van der Waals surface area contributed by atoms with E-state index in [-0.39, 0.29) is 0 Å². The molecule has 0 bridgehead atoms. The molecule has 0 aliphatic heterocycles. The lowest BCUT2D eigenvalue weighted by atomic mass is 10.4. The van der Waals surface area contributed by atoms with Crippen LogP contribution in [-0.4, -0.2) is 11.5 Å². The molecule has 5 heteroatoms. The molecule has 0 amide bonds. The molecule has 0 radical (unpaired) electrons. The van der Waals surface area contributed by atoms with Crippen molar-refractivity contribution in [2.45, 2.75) is 13.5 Å². The molecule has 0 atom stereocenters. The van der Waals surface area contributed by atoms with E-state index in [4.69, 9.17) is 11.6 Å². The predicted octanol–water partition coefficient (Wildman–Crippen LogP) is 3.63. The van der Waals surface area contributed by atoms with Crippen molar-refractivity contribution in [3.05, 3.63) is 27.5 Å². The number of thiophene rings is 1. The number of rotatable bonds is 4. The molecule has 2 rings (SSSR count). The summed E-state index contributed by atoms with van der Waals surface area (Å²) in [6, 6.07) is 3.93. The normalized spacial score (nSPS) is 10.8. The van der Waals surface area contributed by atoms with Crippen LogP contribution in [0.2, 0.25) is 4.34 Å². The molecule has 0 saturated carbocycles. The molecular formula is C10H11ClN2S2. The number of thiazole rings is 1. The molecule has 15 heavy (non-hydrogen) atoms. The van der Waals surface area contributed by atoms with E-state index in [0.29, 0.717) is 0 Å². The van der Waals surface area contributed by atoms with E-state index in [2.05, 4.69) is 22.6 Å². The summed E-state index contributed by atoms with van der Waals surface area (Å²) in [4.78, 5) is 5.69. The zero-order chi connectivity index (χ0) is 10.7. The van der Waals surface area contributed by atoms with Gasteiger partial charge in [0, 0.05) is 11.9 Å². The molecular weight excluding hydrogens is 248 g/mol. The smallest absolute Gasteiger partial charge is 0.133 e. The first kappa shape index (κ1) is 11.1. The summed E-state index contributed by atoms with van der Waals surface area (Å²) in [5.41, 5.74) is 1.10. The van der Waals surface area contributed by atoms with Gasteiger partial charge in [0.05, 0.1) is 14.9 Å². The Labute approximate surface area is 102 Å². The summed E-state index contributed by atoms with van der Waals surface area (Å²) in [5, 5.41) is 6.40. The van der Waals surface area contributed by atoms with E-state index in [0.717, 1.165) is 33.0 Å². The van der Waals surface area contributed by atoms with Gasteiger partial charge in [-0.05, 0) is 18.7 Å². The van der Waals surface area contributed by atoms with Gasteiger partial charge in [0.1, 0.15) is 5.01 Å². The first-order chi connectivity index (χ1) is 7.29. The molecule has 0 fully saturated rings. The van der Waals surface area contributed by atoms with Crippen LogP contribution in [-0.2, 0) is 6.54 Å². The highest BCUT2D eigenvalue weighted by atomic mass is 35.5. The standard InChI is InChI=1S/C10H11ClN2S2/c1-2-12-5-7-6-14-10(13-7)8-3-4-9(11)15-8/h3-4,6,12H,2,5H2,1H3. The van der Waals surface area contributed by atoms with Crippen molar-refractivity contribution in [1.29, 1.82) is 0 Å². The highest BCUT2D eigenvalue weighted by molar-refractivity contribution is 7.23. The van der Waals surface area contributed by atoms with Crippen molar-refractivity contribution in [3.8, 4) is 9.88 Å². The molecule has 2 aromatic heterocycles. The largest absolute Gasteiger partial charge is 0.311 e. The Morgan fingerprint density at radius 2 is 2.33 bits per heavy atom.